The van der Waals surface area contributed by atoms with Crippen LogP contribution in [0.15, 0.2) is 72.8 Å². The van der Waals surface area contributed by atoms with Gasteiger partial charge in [-0.05, 0) is 111 Å². The van der Waals surface area contributed by atoms with E-state index in [4.69, 9.17) is 9.47 Å². The molecule has 0 aliphatic heterocycles. The highest BCUT2D eigenvalue weighted by atomic mass is 16.5. The Kier molecular flexibility index (Phi) is 13.4. The molecule has 210 valence electrons. The second-order valence-electron chi connectivity index (χ2n) is 9.28. The van der Waals surface area contributed by atoms with E-state index in [1.165, 1.54) is 0 Å². The first kappa shape index (κ1) is 30.9. The molecule has 0 N–H and O–H groups in total. The SMILES string of the molecule is CCCCOc1ccc(C#Cc2ccc(C)nn2)cc1.CCCCOc1ccc(C#Cc2ccc(CC)nn2)cc1. The van der Waals surface area contributed by atoms with E-state index >= 15 is 0 Å². The molecule has 0 atom stereocenters. The summed E-state index contributed by atoms with van der Waals surface area (Å²) >= 11 is 0. The predicted octanol–water partition coefficient (Wildman–Crippen LogP) is 6.98. The molecule has 0 radical (unpaired) electrons. The molecule has 6 heteroatoms. The van der Waals surface area contributed by atoms with Gasteiger partial charge in [0.1, 0.15) is 22.9 Å². The first-order valence-corrected chi connectivity index (χ1v) is 14.2. The van der Waals surface area contributed by atoms with E-state index in [-0.39, 0.29) is 0 Å². The van der Waals surface area contributed by atoms with E-state index in [0.29, 0.717) is 11.4 Å². The van der Waals surface area contributed by atoms with Gasteiger partial charge in [-0.1, -0.05) is 45.5 Å². The number of ether oxygens (including phenoxy) is 2. The fraction of sp³-hybridized carbons (Fsp3) is 0.314. The van der Waals surface area contributed by atoms with Crippen LogP contribution < -0.4 is 9.47 Å². The maximum absolute atomic E-state index is 5.62. The van der Waals surface area contributed by atoms with Crippen molar-refractivity contribution in [3.63, 3.8) is 0 Å². The minimum atomic E-state index is 0.680. The molecular weight excluding hydrogens is 508 g/mol. The Morgan fingerprint density at radius 3 is 1.41 bits per heavy atom. The van der Waals surface area contributed by atoms with Gasteiger partial charge in [-0.2, -0.15) is 10.2 Å². The fourth-order valence-corrected chi connectivity index (χ4v) is 3.29. The number of hydrogen-bond acceptors (Lipinski definition) is 6. The Morgan fingerprint density at radius 1 is 0.537 bits per heavy atom. The van der Waals surface area contributed by atoms with Crippen LogP contribution in [0.1, 0.15) is 80.4 Å². The summed E-state index contributed by atoms with van der Waals surface area (Å²) in [4.78, 5) is 0. The molecule has 2 aromatic carbocycles. The van der Waals surface area contributed by atoms with Gasteiger partial charge in [0.15, 0.2) is 0 Å². The molecule has 2 heterocycles. The largest absolute Gasteiger partial charge is 0.494 e. The molecular formula is C35H38N4O2. The lowest BCUT2D eigenvalue weighted by Gasteiger charge is -2.04. The summed E-state index contributed by atoms with van der Waals surface area (Å²) in [6, 6.07) is 23.3. The summed E-state index contributed by atoms with van der Waals surface area (Å²) in [5.41, 5.74) is 5.13. The second-order valence-corrected chi connectivity index (χ2v) is 9.28. The molecule has 0 saturated heterocycles. The van der Waals surface area contributed by atoms with Crippen molar-refractivity contribution in [1.82, 2.24) is 20.4 Å². The Balaban J connectivity index is 0.000000226. The highest BCUT2D eigenvalue weighted by molar-refractivity contribution is 5.43. The van der Waals surface area contributed by atoms with Gasteiger partial charge in [-0.15, -0.1) is 10.2 Å². The van der Waals surface area contributed by atoms with Crippen molar-refractivity contribution >= 4 is 0 Å². The average Bonchev–Trinajstić information content (AvgIpc) is 3.02. The molecule has 0 bridgehead atoms. The quantitative estimate of drug-likeness (QED) is 0.167. The Bertz CT molecular complexity index is 1430. The number of nitrogens with zero attached hydrogens (tertiary/aromatic N) is 4. The molecule has 41 heavy (non-hydrogen) atoms. The van der Waals surface area contributed by atoms with E-state index in [0.717, 1.165) is 79.3 Å². The van der Waals surface area contributed by atoms with Gasteiger partial charge >= 0.3 is 0 Å². The third kappa shape index (κ3) is 11.9. The van der Waals surface area contributed by atoms with Crippen LogP contribution in [0.5, 0.6) is 11.5 Å². The van der Waals surface area contributed by atoms with Crippen molar-refractivity contribution in [1.29, 1.82) is 0 Å². The predicted molar refractivity (Wildman–Crippen MR) is 164 cm³/mol. The van der Waals surface area contributed by atoms with Gasteiger partial charge in [0.2, 0.25) is 0 Å². The van der Waals surface area contributed by atoms with Crippen molar-refractivity contribution < 1.29 is 9.47 Å². The standard InChI is InChI=1S/C18H20N2O.C17H18N2O/c1-3-5-14-21-18-12-7-15(8-13-18)6-9-17-11-10-16(4-2)19-20-17;1-3-4-13-20-17-11-7-15(8-12-17)6-10-16-9-5-14(2)18-19-16/h7-8,10-13H,3-5,14H2,1-2H3;5,7-9,11-12H,3-4,13H2,1-2H3. The molecule has 2 aromatic heterocycles. The summed E-state index contributed by atoms with van der Waals surface area (Å²) in [5, 5.41) is 16.2. The first-order valence-electron chi connectivity index (χ1n) is 14.2. The summed E-state index contributed by atoms with van der Waals surface area (Å²) in [6.45, 7) is 9.79. The summed E-state index contributed by atoms with van der Waals surface area (Å²) in [5.74, 6) is 13.9. The number of aromatic nitrogens is 4. The second kappa shape index (κ2) is 17.8. The topological polar surface area (TPSA) is 70.0 Å². The highest BCUT2D eigenvalue weighted by Crippen LogP contribution is 2.13. The number of hydrogen-bond donors (Lipinski definition) is 0. The van der Waals surface area contributed by atoms with E-state index in [2.05, 4.69) is 64.8 Å². The van der Waals surface area contributed by atoms with Crippen LogP contribution >= 0.6 is 0 Å². The Morgan fingerprint density at radius 2 is 1.02 bits per heavy atom. The zero-order chi connectivity index (χ0) is 29.1. The molecule has 0 fully saturated rings. The minimum Gasteiger partial charge on any atom is -0.494 e. The number of benzene rings is 2. The van der Waals surface area contributed by atoms with Gasteiger partial charge in [-0.3, -0.25) is 0 Å². The normalized spacial score (nSPS) is 9.76. The molecule has 0 amide bonds. The lowest BCUT2D eigenvalue weighted by molar-refractivity contribution is 0.309. The van der Waals surface area contributed by atoms with E-state index in [1.54, 1.807) is 0 Å². The lowest BCUT2D eigenvalue weighted by atomic mass is 10.2. The highest BCUT2D eigenvalue weighted by Gasteiger charge is 1.96. The van der Waals surface area contributed by atoms with Crippen molar-refractivity contribution in [2.75, 3.05) is 13.2 Å². The van der Waals surface area contributed by atoms with Gasteiger partial charge < -0.3 is 9.47 Å². The summed E-state index contributed by atoms with van der Waals surface area (Å²) < 4.78 is 11.2. The summed E-state index contributed by atoms with van der Waals surface area (Å²) in [7, 11) is 0. The number of unbranched alkanes of at least 4 members (excludes halogenated alkanes) is 2. The van der Waals surface area contributed by atoms with Crippen LogP contribution in [0.2, 0.25) is 0 Å². The van der Waals surface area contributed by atoms with Crippen LogP contribution in [-0.4, -0.2) is 33.6 Å². The van der Waals surface area contributed by atoms with Gasteiger partial charge in [0.05, 0.1) is 24.6 Å². The maximum atomic E-state index is 5.62. The molecule has 0 spiro atoms. The Hall–Kier alpha value is -4.68. The maximum Gasteiger partial charge on any atom is 0.136 e. The van der Waals surface area contributed by atoms with Gasteiger partial charge in [-0.25, -0.2) is 0 Å². The van der Waals surface area contributed by atoms with Crippen LogP contribution in [0.25, 0.3) is 0 Å². The third-order valence-corrected chi connectivity index (χ3v) is 5.79. The average molecular weight is 547 g/mol. The smallest absolute Gasteiger partial charge is 0.136 e. The van der Waals surface area contributed by atoms with Crippen LogP contribution in [-0.2, 0) is 6.42 Å². The minimum absolute atomic E-state index is 0.680. The fourth-order valence-electron chi connectivity index (χ4n) is 3.29. The molecule has 4 aromatic rings. The van der Waals surface area contributed by atoms with Gasteiger partial charge in [0, 0.05) is 11.1 Å². The monoisotopic (exact) mass is 546 g/mol. The van der Waals surface area contributed by atoms with Crippen molar-refractivity contribution in [2.24, 2.45) is 0 Å². The van der Waals surface area contributed by atoms with Gasteiger partial charge in [0.25, 0.3) is 0 Å². The molecule has 0 saturated carbocycles. The van der Waals surface area contributed by atoms with Crippen molar-refractivity contribution in [3.05, 3.63) is 107 Å². The van der Waals surface area contributed by atoms with E-state index in [1.807, 2.05) is 79.7 Å². The van der Waals surface area contributed by atoms with Crippen LogP contribution in [0.3, 0.4) is 0 Å². The summed E-state index contributed by atoms with van der Waals surface area (Å²) in [6.07, 6.45) is 5.32. The van der Waals surface area contributed by atoms with Crippen LogP contribution in [0, 0.1) is 30.6 Å². The number of aryl methyl sites for hydroxylation is 2. The molecule has 0 aliphatic carbocycles. The molecule has 0 unspecified atom stereocenters. The number of rotatable bonds is 9. The molecule has 6 nitrogen and oxygen atoms in total. The van der Waals surface area contributed by atoms with Crippen LogP contribution in [0.4, 0.5) is 0 Å². The van der Waals surface area contributed by atoms with E-state index in [9.17, 15) is 0 Å². The van der Waals surface area contributed by atoms with E-state index < -0.39 is 0 Å². The first-order chi connectivity index (χ1) is 20.1. The zero-order valence-corrected chi connectivity index (χ0v) is 24.5. The van der Waals surface area contributed by atoms with Crippen molar-refractivity contribution in [2.45, 2.75) is 59.8 Å². The third-order valence-electron chi connectivity index (χ3n) is 5.79. The lowest BCUT2D eigenvalue weighted by Crippen LogP contribution is -1.96. The zero-order valence-electron chi connectivity index (χ0n) is 24.5. The Labute approximate surface area is 244 Å². The van der Waals surface area contributed by atoms with Crippen molar-refractivity contribution in [3.8, 4) is 35.2 Å². The molecule has 0 aliphatic rings. The molecule has 4 rings (SSSR count).